The Morgan fingerprint density at radius 1 is 0.903 bits per heavy atom. The lowest BCUT2D eigenvalue weighted by atomic mass is 10.1. The fourth-order valence-electron chi connectivity index (χ4n) is 2.92. The normalized spacial score (nSPS) is 13.4. The minimum absolute atomic E-state index is 0.0829. The van der Waals surface area contributed by atoms with Gasteiger partial charge in [-0.05, 0) is 29.8 Å². The zero-order valence-corrected chi connectivity index (χ0v) is 17.4. The maximum absolute atomic E-state index is 13.2. The molecule has 10 heteroatoms. The first-order valence-corrected chi connectivity index (χ1v) is 10.8. The van der Waals surface area contributed by atoms with E-state index in [2.05, 4.69) is 16.0 Å². The predicted molar refractivity (Wildman–Crippen MR) is 116 cm³/mol. The number of amides is 4. The number of urea groups is 1. The predicted octanol–water partition coefficient (Wildman–Crippen LogP) is 2.84. The van der Waals surface area contributed by atoms with E-state index < -0.39 is 23.6 Å². The smallest absolute Gasteiger partial charge is 0.319 e. The summed E-state index contributed by atoms with van der Waals surface area (Å²) in [6.45, 7) is 1.19. The van der Waals surface area contributed by atoms with Gasteiger partial charge in [0.15, 0.2) is 11.6 Å². The average molecular weight is 448 g/mol. The van der Waals surface area contributed by atoms with E-state index in [1.807, 2.05) is 16.7 Å². The number of benzene rings is 2. The summed E-state index contributed by atoms with van der Waals surface area (Å²) >= 11 is 1.84. The molecule has 7 nitrogen and oxygen atoms in total. The standard InChI is InChI=1S/C21H22F2N4O3S/c22-17-6-5-16(12-18(17)23)25-19(28)13-24-21(30)26-15-3-1-14(2-4-15)11-20(29)27-7-9-31-10-8-27/h1-6,12H,7-11,13H2,(H,25,28)(H2,24,26,30). The molecule has 0 atom stereocenters. The van der Waals surface area contributed by atoms with Gasteiger partial charge in [0.2, 0.25) is 11.8 Å². The molecule has 1 heterocycles. The number of nitrogens with one attached hydrogen (secondary N) is 3. The summed E-state index contributed by atoms with van der Waals surface area (Å²) in [4.78, 5) is 38.0. The second kappa shape index (κ2) is 10.8. The van der Waals surface area contributed by atoms with E-state index in [1.54, 1.807) is 24.3 Å². The fourth-order valence-corrected chi connectivity index (χ4v) is 3.82. The van der Waals surface area contributed by atoms with Crippen molar-refractivity contribution in [3.8, 4) is 0 Å². The summed E-state index contributed by atoms with van der Waals surface area (Å²) in [5.41, 5.74) is 1.43. The quantitative estimate of drug-likeness (QED) is 0.634. The van der Waals surface area contributed by atoms with Crippen molar-refractivity contribution in [3.63, 3.8) is 0 Å². The number of thioether (sulfide) groups is 1. The van der Waals surface area contributed by atoms with Crippen LogP contribution in [0.2, 0.25) is 0 Å². The molecule has 0 aromatic heterocycles. The summed E-state index contributed by atoms with van der Waals surface area (Å²) in [6, 6.07) is 9.25. The SMILES string of the molecule is O=C(CNC(=O)Nc1ccc(CC(=O)N2CCSCC2)cc1)Nc1ccc(F)c(F)c1. The monoisotopic (exact) mass is 448 g/mol. The van der Waals surface area contributed by atoms with E-state index >= 15 is 0 Å². The van der Waals surface area contributed by atoms with Crippen LogP contribution in [0.4, 0.5) is 25.0 Å². The molecule has 1 saturated heterocycles. The van der Waals surface area contributed by atoms with E-state index in [-0.39, 0.29) is 18.1 Å². The van der Waals surface area contributed by atoms with E-state index in [1.165, 1.54) is 6.07 Å². The molecule has 1 aliphatic heterocycles. The van der Waals surface area contributed by atoms with Crippen molar-refractivity contribution in [2.75, 3.05) is 41.8 Å². The Kier molecular flexibility index (Phi) is 7.82. The second-order valence-corrected chi connectivity index (χ2v) is 8.08. The molecule has 164 valence electrons. The van der Waals surface area contributed by atoms with Gasteiger partial charge in [-0.2, -0.15) is 11.8 Å². The molecule has 0 bridgehead atoms. The van der Waals surface area contributed by atoms with Crippen LogP contribution in [0.1, 0.15) is 5.56 Å². The molecular formula is C21H22F2N4O3S. The molecule has 0 aliphatic carbocycles. The Morgan fingerprint density at radius 2 is 1.58 bits per heavy atom. The van der Waals surface area contributed by atoms with Gasteiger partial charge in [0.1, 0.15) is 0 Å². The maximum Gasteiger partial charge on any atom is 0.319 e. The van der Waals surface area contributed by atoms with Crippen molar-refractivity contribution >= 4 is 41.0 Å². The minimum atomic E-state index is -1.08. The Bertz CT molecular complexity index is 950. The second-order valence-electron chi connectivity index (χ2n) is 6.85. The highest BCUT2D eigenvalue weighted by Gasteiger charge is 2.17. The van der Waals surface area contributed by atoms with Crippen LogP contribution in [-0.4, -0.2) is 53.9 Å². The van der Waals surface area contributed by atoms with Gasteiger partial charge in [0.25, 0.3) is 0 Å². The fraction of sp³-hybridized carbons (Fsp3) is 0.286. The third kappa shape index (κ3) is 6.95. The molecule has 1 aliphatic rings. The molecule has 2 aromatic rings. The molecule has 2 aromatic carbocycles. The number of carbonyl (C=O) groups excluding carboxylic acids is 3. The molecule has 1 fully saturated rings. The molecular weight excluding hydrogens is 426 g/mol. The van der Waals surface area contributed by atoms with Gasteiger partial charge in [-0.3, -0.25) is 9.59 Å². The van der Waals surface area contributed by atoms with Crippen molar-refractivity contribution in [2.24, 2.45) is 0 Å². The van der Waals surface area contributed by atoms with Crippen LogP contribution < -0.4 is 16.0 Å². The van der Waals surface area contributed by atoms with Gasteiger partial charge >= 0.3 is 6.03 Å². The number of rotatable bonds is 6. The van der Waals surface area contributed by atoms with Crippen LogP contribution in [0.3, 0.4) is 0 Å². The first kappa shape index (κ1) is 22.5. The summed E-state index contributed by atoms with van der Waals surface area (Å²) in [5, 5.41) is 7.31. The topological polar surface area (TPSA) is 90.5 Å². The summed E-state index contributed by atoms with van der Waals surface area (Å²) < 4.78 is 26.0. The number of hydrogen-bond donors (Lipinski definition) is 3. The van der Waals surface area contributed by atoms with E-state index in [9.17, 15) is 23.2 Å². The lowest BCUT2D eigenvalue weighted by Crippen LogP contribution is -2.38. The highest BCUT2D eigenvalue weighted by molar-refractivity contribution is 7.99. The first-order valence-electron chi connectivity index (χ1n) is 9.65. The Morgan fingerprint density at radius 3 is 2.26 bits per heavy atom. The molecule has 3 N–H and O–H groups in total. The van der Waals surface area contributed by atoms with E-state index in [0.29, 0.717) is 12.1 Å². The van der Waals surface area contributed by atoms with Crippen molar-refractivity contribution in [1.29, 1.82) is 0 Å². The van der Waals surface area contributed by atoms with Crippen molar-refractivity contribution in [2.45, 2.75) is 6.42 Å². The third-order valence-electron chi connectivity index (χ3n) is 4.54. The van der Waals surface area contributed by atoms with Crippen LogP contribution in [0, 0.1) is 11.6 Å². The van der Waals surface area contributed by atoms with Crippen LogP contribution in [0.25, 0.3) is 0 Å². The minimum Gasteiger partial charge on any atom is -0.341 e. The first-order chi connectivity index (χ1) is 14.9. The molecule has 3 rings (SSSR count). The molecule has 31 heavy (non-hydrogen) atoms. The number of carbonyl (C=O) groups is 3. The molecule has 0 unspecified atom stereocenters. The molecule has 0 spiro atoms. The Hall–Kier alpha value is -3.14. The highest BCUT2D eigenvalue weighted by atomic mass is 32.2. The summed E-state index contributed by atoms with van der Waals surface area (Å²) in [7, 11) is 0. The van der Waals surface area contributed by atoms with Crippen LogP contribution in [0.5, 0.6) is 0 Å². The van der Waals surface area contributed by atoms with E-state index in [0.717, 1.165) is 42.3 Å². The Labute approximate surface area is 182 Å². The van der Waals surface area contributed by atoms with Gasteiger partial charge in [-0.1, -0.05) is 12.1 Å². The van der Waals surface area contributed by atoms with Crippen molar-refractivity contribution < 1.29 is 23.2 Å². The van der Waals surface area contributed by atoms with Gasteiger partial charge in [0, 0.05) is 42.0 Å². The number of anilines is 2. The number of halogens is 2. The number of nitrogens with zero attached hydrogens (tertiary/aromatic N) is 1. The van der Waals surface area contributed by atoms with Crippen LogP contribution in [-0.2, 0) is 16.0 Å². The van der Waals surface area contributed by atoms with Gasteiger partial charge in [-0.15, -0.1) is 0 Å². The lowest BCUT2D eigenvalue weighted by Gasteiger charge is -2.26. The summed E-state index contributed by atoms with van der Waals surface area (Å²) in [5.74, 6) is -0.678. The Balaban J connectivity index is 1.42. The molecule has 4 amide bonds. The van der Waals surface area contributed by atoms with Gasteiger partial charge < -0.3 is 20.9 Å². The average Bonchev–Trinajstić information content (AvgIpc) is 2.77. The van der Waals surface area contributed by atoms with Crippen LogP contribution >= 0.6 is 11.8 Å². The lowest BCUT2D eigenvalue weighted by molar-refractivity contribution is -0.130. The maximum atomic E-state index is 13.2. The van der Waals surface area contributed by atoms with E-state index in [4.69, 9.17) is 0 Å². The zero-order chi connectivity index (χ0) is 22.2. The summed E-state index contributed by atoms with van der Waals surface area (Å²) in [6.07, 6.45) is 0.307. The highest BCUT2D eigenvalue weighted by Crippen LogP contribution is 2.14. The third-order valence-corrected chi connectivity index (χ3v) is 5.49. The van der Waals surface area contributed by atoms with Gasteiger partial charge in [0.05, 0.1) is 13.0 Å². The van der Waals surface area contributed by atoms with Crippen molar-refractivity contribution in [3.05, 3.63) is 59.7 Å². The van der Waals surface area contributed by atoms with Crippen LogP contribution in [0.15, 0.2) is 42.5 Å². The van der Waals surface area contributed by atoms with Crippen molar-refractivity contribution in [1.82, 2.24) is 10.2 Å². The zero-order valence-electron chi connectivity index (χ0n) is 16.6. The largest absolute Gasteiger partial charge is 0.341 e. The molecule has 0 saturated carbocycles. The molecule has 0 radical (unpaired) electrons. The number of hydrogen-bond acceptors (Lipinski definition) is 4. The van der Waals surface area contributed by atoms with Gasteiger partial charge in [-0.25, -0.2) is 13.6 Å².